The average molecular weight is 198 g/mol. The molecule has 2 aliphatic rings. The monoisotopic (exact) mass is 198 g/mol. The molecule has 2 aliphatic heterocycles. The number of ether oxygens (including phenoxy) is 1. The fraction of sp³-hybridized carbons (Fsp3) is 0.556. The summed E-state index contributed by atoms with van der Waals surface area (Å²) >= 11 is 0. The lowest BCUT2D eigenvalue weighted by molar-refractivity contribution is -0.167. The lowest BCUT2D eigenvalue weighted by Crippen LogP contribution is -2.44. The van der Waals surface area contributed by atoms with E-state index in [1.807, 2.05) is 0 Å². The van der Waals surface area contributed by atoms with E-state index in [0.717, 1.165) is 0 Å². The number of carboxylic acids is 2. The first kappa shape index (κ1) is 9.21. The third-order valence-corrected chi connectivity index (χ3v) is 2.84. The molecule has 3 atom stereocenters. The number of rotatable bonds is 2. The zero-order chi connectivity index (χ0) is 10.6. The van der Waals surface area contributed by atoms with Crippen molar-refractivity contribution in [2.75, 3.05) is 0 Å². The maximum Gasteiger partial charge on any atom is 0.341 e. The number of carbonyl (C=O) groups is 2. The van der Waals surface area contributed by atoms with Gasteiger partial charge in [0.1, 0.15) is 5.92 Å². The second kappa shape index (κ2) is 2.36. The van der Waals surface area contributed by atoms with Gasteiger partial charge in [0.05, 0.1) is 5.60 Å². The Balaban J connectivity index is 2.45. The van der Waals surface area contributed by atoms with Crippen LogP contribution < -0.4 is 0 Å². The van der Waals surface area contributed by atoms with Gasteiger partial charge in [-0.15, -0.1) is 0 Å². The van der Waals surface area contributed by atoms with E-state index < -0.39 is 29.1 Å². The van der Waals surface area contributed by atoms with Gasteiger partial charge >= 0.3 is 11.9 Å². The van der Waals surface area contributed by atoms with E-state index in [9.17, 15) is 9.59 Å². The molecule has 2 N–H and O–H groups in total. The molecule has 0 aromatic heterocycles. The minimum atomic E-state index is -1.65. The van der Waals surface area contributed by atoms with Crippen molar-refractivity contribution in [3.05, 3.63) is 12.2 Å². The van der Waals surface area contributed by atoms with Gasteiger partial charge in [-0.3, -0.25) is 4.79 Å². The average Bonchev–Trinajstić information content (AvgIpc) is 2.55. The quantitative estimate of drug-likeness (QED) is 0.622. The number of hydrogen-bond acceptors (Lipinski definition) is 3. The standard InChI is InChI=1S/C9H10O5/c1-8-2-3-9(14-8,7(12)13)5(4-8)6(10)11/h2-3,5H,4H2,1H3,(H,10,11)(H,12,13). The van der Waals surface area contributed by atoms with Crippen molar-refractivity contribution < 1.29 is 24.5 Å². The van der Waals surface area contributed by atoms with Crippen molar-refractivity contribution >= 4 is 11.9 Å². The van der Waals surface area contributed by atoms with Crippen LogP contribution in [0.3, 0.4) is 0 Å². The van der Waals surface area contributed by atoms with Crippen molar-refractivity contribution in [3.8, 4) is 0 Å². The molecule has 0 radical (unpaired) electrons. The van der Waals surface area contributed by atoms with Gasteiger partial charge in [-0.2, -0.15) is 0 Å². The molecular formula is C9H10O5. The first-order valence-corrected chi connectivity index (χ1v) is 4.26. The van der Waals surface area contributed by atoms with Crippen LogP contribution >= 0.6 is 0 Å². The highest BCUT2D eigenvalue weighted by molar-refractivity contribution is 5.90. The Labute approximate surface area is 80.0 Å². The van der Waals surface area contributed by atoms with Crippen LogP contribution in [0.15, 0.2) is 12.2 Å². The third kappa shape index (κ3) is 0.928. The molecule has 14 heavy (non-hydrogen) atoms. The van der Waals surface area contributed by atoms with E-state index in [0.29, 0.717) is 0 Å². The predicted molar refractivity (Wildman–Crippen MR) is 44.7 cm³/mol. The van der Waals surface area contributed by atoms with Gasteiger partial charge in [0.2, 0.25) is 0 Å². The first-order chi connectivity index (χ1) is 6.40. The summed E-state index contributed by atoms with van der Waals surface area (Å²) in [7, 11) is 0. The Morgan fingerprint density at radius 1 is 1.43 bits per heavy atom. The Kier molecular flexibility index (Phi) is 1.55. The van der Waals surface area contributed by atoms with Crippen LogP contribution in [-0.4, -0.2) is 33.4 Å². The zero-order valence-corrected chi connectivity index (χ0v) is 7.56. The minimum Gasteiger partial charge on any atom is -0.481 e. The Morgan fingerprint density at radius 3 is 2.43 bits per heavy atom. The van der Waals surface area contributed by atoms with Gasteiger partial charge in [0.15, 0.2) is 5.60 Å². The highest BCUT2D eigenvalue weighted by Crippen LogP contribution is 2.49. The van der Waals surface area contributed by atoms with Crippen LogP contribution in [0.5, 0.6) is 0 Å². The molecule has 2 bridgehead atoms. The van der Waals surface area contributed by atoms with Crippen molar-refractivity contribution in [3.63, 3.8) is 0 Å². The van der Waals surface area contributed by atoms with Gasteiger partial charge in [-0.05, 0) is 19.4 Å². The van der Waals surface area contributed by atoms with Crippen LogP contribution in [0.1, 0.15) is 13.3 Å². The van der Waals surface area contributed by atoms with E-state index in [1.54, 1.807) is 13.0 Å². The molecule has 0 saturated carbocycles. The van der Waals surface area contributed by atoms with Crippen molar-refractivity contribution in [1.82, 2.24) is 0 Å². The maximum atomic E-state index is 11.0. The van der Waals surface area contributed by atoms with E-state index in [1.165, 1.54) is 6.08 Å². The van der Waals surface area contributed by atoms with Gasteiger partial charge in [0, 0.05) is 0 Å². The fourth-order valence-corrected chi connectivity index (χ4v) is 2.14. The van der Waals surface area contributed by atoms with Crippen molar-refractivity contribution in [1.29, 1.82) is 0 Å². The molecule has 2 heterocycles. The minimum absolute atomic E-state index is 0.213. The summed E-state index contributed by atoms with van der Waals surface area (Å²) in [6, 6.07) is 0. The molecule has 0 spiro atoms. The molecule has 0 aliphatic carbocycles. The Morgan fingerprint density at radius 2 is 2.07 bits per heavy atom. The molecule has 5 heteroatoms. The topological polar surface area (TPSA) is 83.8 Å². The first-order valence-electron chi connectivity index (χ1n) is 4.26. The molecule has 5 nitrogen and oxygen atoms in total. The molecule has 0 aromatic rings. The van der Waals surface area contributed by atoms with Crippen LogP contribution in [0.25, 0.3) is 0 Å². The highest BCUT2D eigenvalue weighted by atomic mass is 16.6. The normalized spacial score (nSPS) is 44.2. The summed E-state index contributed by atoms with van der Waals surface area (Å²) in [4.78, 5) is 21.9. The molecule has 3 unspecified atom stereocenters. The largest absolute Gasteiger partial charge is 0.481 e. The molecule has 76 valence electrons. The highest BCUT2D eigenvalue weighted by Gasteiger charge is 2.63. The van der Waals surface area contributed by atoms with E-state index in [4.69, 9.17) is 14.9 Å². The number of aliphatic carboxylic acids is 2. The lowest BCUT2D eigenvalue weighted by atomic mass is 9.79. The Bertz CT molecular complexity index is 347. The molecule has 2 rings (SSSR count). The molecular weight excluding hydrogens is 188 g/mol. The summed E-state index contributed by atoms with van der Waals surface area (Å²) in [6.45, 7) is 1.69. The lowest BCUT2D eigenvalue weighted by Gasteiger charge is -2.21. The van der Waals surface area contributed by atoms with Crippen LogP contribution in [0.4, 0.5) is 0 Å². The van der Waals surface area contributed by atoms with Crippen LogP contribution in [0, 0.1) is 5.92 Å². The summed E-state index contributed by atoms with van der Waals surface area (Å²) in [6.07, 6.45) is 3.18. The van der Waals surface area contributed by atoms with Crippen molar-refractivity contribution in [2.45, 2.75) is 24.5 Å². The number of hydrogen-bond donors (Lipinski definition) is 2. The van der Waals surface area contributed by atoms with Crippen molar-refractivity contribution in [2.24, 2.45) is 5.92 Å². The van der Waals surface area contributed by atoms with Crippen LogP contribution in [0.2, 0.25) is 0 Å². The Hall–Kier alpha value is -1.36. The fourth-order valence-electron chi connectivity index (χ4n) is 2.14. The second-order valence-corrected chi connectivity index (χ2v) is 3.94. The summed E-state index contributed by atoms with van der Waals surface area (Å²) in [5.41, 5.74) is -2.39. The van der Waals surface area contributed by atoms with Gasteiger partial charge in [-0.25, -0.2) is 4.79 Å². The zero-order valence-electron chi connectivity index (χ0n) is 7.56. The van der Waals surface area contributed by atoms with Gasteiger partial charge < -0.3 is 14.9 Å². The van der Waals surface area contributed by atoms with Gasteiger partial charge in [-0.1, -0.05) is 6.08 Å². The maximum absolute atomic E-state index is 11.0. The summed E-state index contributed by atoms with van der Waals surface area (Å²) < 4.78 is 5.29. The SMILES string of the molecule is CC12C=CC(C(=O)O)(O1)C(C(=O)O)C2. The van der Waals surface area contributed by atoms with E-state index in [-0.39, 0.29) is 6.42 Å². The van der Waals surface area contributed by atoms with Gasteiger partial charge in [0.25, 0.3) is 0 Å². The smallest absolute Gasteiger partial charge is 0.341 e. The third-order valence-electron chi connectivity index (χ3n) is 2.84. The number of fused-ring (bicyclic) bond motifs is 2. The van der Waals surface area contributed by atoms with E-state index in [2.05, 4.69) is 0 Å². The van der Waals surface area contributed by atoms with E-state index >= 15 is 0 Å². The molecule has 0 amide bonds. The summed E-state index contributed by atoms with van der Waals surface area (Å²) in [5, 5.41) is 17.9. The van der Waals surface area contributed by atoms with Crippen LogP contribution in [-0.2, 0) is 14.3 Å². The summed E-state index contributed by atoms with van der Waals surface area (Å²) in [5.74, 6) is -3.35. The molecule has 1 fully saturated rings. The molecule has 1 saturated heterocycles. The second-order valence-electron chi connectivity index (χ2n) is 3.94. The molecule has 0 aromatic carbocycles. The number of carboxylic acid groups (broad SMARTS) is 2. The predicted octanol–water partition coefficient (Wildman–Crippen LogP) is 0.259.